The number of rotatable bonds is 8. The van der Waals surface area contributed by atoms with Gasteiger partial charge in [-0.2, -0.15) is 0 Å². The van der Waals surface area contributed by atoms with E-state index in [-0.39, 0.29) is 0 Å². The van der Waals surface area contributed by atoms with Crippen molar-refractivity contribution >= 4 is 11.8 Å². The van der Waals surface area contributed by atoms with Crippen LogP contribution in [0.1, 0.15) is 26.7 Å². The molecule has 1 aromatic heterocycles. The number of nitrogens with one attached hydrogen (secondary N) is 1. The van der Waals surface area contributed by atoms with E-state index < -0.39 is 0 Å². The van der Waals surface area contributed by atoms with Crippen LogP contribution in [0.3, 0.4) is 0 Å². The molecule has 0 bridgehead atoms. The Labute approximate surface area is 101 Å². The van der Waals surface area contributed by atoms with Gasteiger partial charge in [0.25, 0.3) is 0 Å². The second-order valence-electron chi connectivity index (χ2n) is 4.24. The van der Waals surface area contributed by atoms with Crippen LogP contribution in [0, 0.1) is 5.92 Å². The minimum Gasteiger partial charge on any atom is -0.316 e. The van der Waals surface area contributed by atoms with Crippen molar-refractivity contribution < 1.29 is 0 Å². The number of thioether (sulfide) groups is 1. The number of tetrazole rings is 1. The predicted octanol–water partition coefficient (Wildman–Crippen LogP) is 1.33. The van der Waals surface area contributed by atoms with E-state index in [1.165, 1.54) is 12.8 Å². The van der Waals surface area contributed by atoms with Crippen LogP contribution in [-0.4, -0.2) is 39.0 Å². The number of nitrogens with zero attached hydrogens (tertiary/aromatic N) is 4. The highest BCUT2D eigenvalue weighted by atomic mass is 32.2. The molecule has 92 valence electrons. The standard InChI is InChI=1S/C10H21N5S/c1-9(2)8-11-6-4-5-7-16-10-12-13-14-15(10)3/h9,11H,4-8H2,1-3H3. The largest absolute Gasteiger partial charge is 0.316 e. The molecule has 0 radical (unpaired) electrons. The molecule has 5 nitrogen and oxygen atoms in total. The molecule has 0 unspecified atom stereocenters. The van der Waals surface area contributed by atoms with Crippen LogP contribution in [-0.2, 0) is 7.05 Å². The van der Waals surface area contributed by atoms with E-state index in [2.05, 4.69) is 34.7 Å². The lowest BCUT2D eigenvalue weighted by Gasteiger charge is -2.06. The minimum absolute atomic E-state index is 0.735. The fourth-order valence-electron chi connectivity index (χ4n) is 1.25. The summed E-state index contributed by atoms with van der Waals surface area (Å²) in [5.74, 6) is 1.82. The van der Waals surface area contributed by atoms with Crippen molar-refractivity contribution in [1.82, 2.24) is 25.5 Å². The number of hydrogen-bond donors (Lipinski definition) is 1. The third-order valence-corrected chi connectivity index (χ3v) is 3.21. The van der Waals surface area contributed by atoms with E-state index in [1.807, 2.05) is 7.05 Å². The third-order valence-electron chi connectivity index (χ3n) is 2.11. The molecule has 1 rings (SSSR count). The molecule has 0 fully saturated rings. The molecule has 0 aromatic carbocycles. The maximum absolute atomic E-state index is 3.92. The SMILES string of the molecule is CC(C)CNCCCCSc1nnnn1C. The van der Waals surface area contributed by atoms with E-state index >= 15 is 0 Å². The highest BCUT2D eigenvalue weighted by molar-refractivity contribution is 7.99. The zero-order chi connectivity index (χ0) is 11.8. The number of hydrogen-bond acceptors (Lipinski definition) is 5. The lowest BCUT2D eigenvalue weighted by atomic mass is 10.2. The maximum atomic E-state index is 3.92. The lowest BCUT2D eigenvalue weighted by Crippen LogP contribution is -2.20. The zero-order valence-electron chi connectivity index (χ0n) is 10.3. The Morgan fingerprint density at radius 3 is 2.81 bits per heavy atom. The normalized spacial score (nSPS) is 11.2. The van der Waals surface area contributed by atoms with Crippen molar-refractivity contribution in [1.29, 1.82) is 0 Å². The van der Waals surface area contributed by atoms with Gasteiger partial charge in [0.1, 0.15) is 0 Å². The van der Waals surface area contributed by atoms with Crippen LogP contribution in [0.2, 0.25) is 0 Å². The smallest absolute Gasteiger partial charge is 0.209 e. The summed E-state index contributed by atoms with van der Waals surface area (Å²) in [6, 6.07) is 0. The molecule has 0 aliphatic carbocycles. The Balaban J connectivity index is 1.94. The van der Waals surface area contributed by atoms with Gasteiger partial charge in [-0.15, -0.1) is 5.10 Å². The maximum Gasteiger partial charge on any atom is 0.209 e. The zero-order valence-corrected chi connectivity index (χ0v) is 11.1. The lowest BCUT2D eigenvalue weighted by molar-refractivity contribution is 0.541. The third kappa shape index (κ3) is 5.46. The summed E-state index contributed by atoms with van der Waals surface area (Å²) in [5, 5.41) is 15.6. The first-order chi connectivity index (χ1) is 7.70. The quantitative estimate of drug-likeness (QED) is 0.551. The molecule has 0 atom stereocenters. The summed E-state index contributed by atoms with van der Waals surface area (Å²) in [6.07, 6.45) is 2.41. The van der Waals surface area contributed by atoms with Crippen LogP contribution < -0.4 is 5.32 Å². The molecule has 0 spiro atoms. The first-order valence-electron chi connectivity index (χ1n) is 5.76. The molecule has 0 amide bonds. The summed E-state index contributed by atoms with van der Waals surface area (Å²) in [5.41, 5.74) is 0. The van der Waals surface area contributed by atoms with Gasteiger partial charge in [-0.1, -0.05) is 25.6 Å². The average molecular weight is 243 g/mol. The molecule has 1 heterocycles. The second kappa shape index (κ2) is 7.62. The summed E-state index contributed by atoms with van der Waals surface area (Å²) in [4.78, 5) is 0. The summed E-state index contributed by atoms with van der Waals surface area (Å²) >= 11 is 1.72. The number of unbranched alkanes of at least 4 members (excludes halogenated alkanes) is 1. The fraction of sp³-hybridized carbons (Fsp3) is 0.900. The summed E-state index contributed by atoms with van der Waals surface area (Å²) in [6.45, 7) is 6.67. The summed E-state index contributed by atoms with van der Waals surface area (Å²) < 4.78 is 1.71. The highest BCUT2D eigenvalue weighted by Crippen LogP contribution is 2.13. The van der Waals surface area contributed by atoms with Crippen LogP contribution >= 0.6 is 11.8 Å². The monoisotopic (exact) mass is 243 g/mol. The van der Waals surface area contributed by atoms with Crippen molar-refractivity contribution in [3.8, 4) is 0 Å². The number of aromatic nitrogens is 4. The van der Waals surface area contributed by atoms with E-state index in [0.29, 0.717) is 0 Å². The van der Waals surface area contributed by atoms with E-state index in [9.17, 15) is 0 Å². The van der Waals surface area contributed by atoms with Crippen molar-refractivity contribution in [2.24, 2.45) is 13.0 Å². The Morgan fingerprint density at radius 1 is 1.38 bits per heavy atom. The number of aryl methyl sites for hydroxylation is 1. The van der Waals surface area contributed by atoms with E-state index in [0.717, 1.165) is 29.9 Å². The second-order valence-corrected chi connectivity index (χ2v) is 5.30. The average Bonchev–Trinajstić information content (AvgIpc) is 2.62. The van der Waals surface area contributed by atoms with Gasteiger partial charge in [0.15, 0.2) is 0 Å². The molecular formula is C10H21N5S. The van der Waals surface area contributed by atoms with Crippen LogP contribution in [0.15, 0.2) is 5.16 Å². The van der Waals surface area contributed by atoms with E-state index in [4.69, 9.17) is 0 Å². The molecule has 0 aliphatic heterocycles. The van der Waals surface area contributed by atoms with Crippen molar-refractivity contribution in [2.45, 2.75) is 31.8 Å². The van der Waals surface area contributed by atoms with Gasteiger partial charge in [0.05, 0.1) is 0 Å². The Hall–Kier alpha value is -0.620. The van der Waals surface area contributed by atoms with Gasteiger partial charge >= 0.3 is 0 Å². The van der Waals surface area contributed by atoms with Crippen LogP contribution in [0.4, 0.5) is 0 Å². The van der Waals surface area contributed by atoms with Crippen LogP contribution in [0.25, 0.3) is 0 Å². The molecule has 0 saturated heterocycles. The Kier molecular flexibility index (Phi) is 6.40. The topological polar surface area (TPSA) is 55.6 Å². The van der Waals surface area contributed by atoms with Gasteiger partial charge < -0.3 is 5.32 Å². The Morgan fingerprint density at radius 2 is 2.19 bits per heavy atom. The molecule has 6 heteroatoms. The van der Waals surface area contributed by atoms with E-state index in [1.54, 1.807) is 16.4 Å². The molecule has 1 N–H and O–H groups in total. The van der Waals surface area contributed by atoms with Gasteiger partial charge in [-0.05, 0) is 42.3 Å². The highest BCUT2D eigenvalue weighted by Gasteiger charge is 2.01. The van der Waals surface area contributed by atoms with Gasteiger partial charge in [0, 0.05) is 12.8 Å². The minimum atomic E-state index is 0.735. The molecule has 0 aliphatic rings. The first kappa shape index (κ1) is 13.4. The van der Waals surface area contributed by atoms with Crippen LogP contribution in [0.5, 0.6) is 0 Å². The first-order valence-corrected chi connectivity index (χ1v) is 6.74. The predicted molar refractivity (Wildman–Crippen MR) is 66.5 cm³/mol. The summed E-state index contributed by atoms with van der Waals surface area (Å²) in [7, 11) is 1.87. The van der Waals surface area contributed by atoms with Crippen molar-refractivity contribution in [3.63, 3.8) is 0 Å². The molecule has 1 aromatic rings. The van der Waals surface area contributed by atoms with Gasteiger partial charge in [-0.25, -0.2) is 4.68 Å². The van der Waals surface area contributed by atoms with Gasteiger partial charge in [-0.3, -0.25) is 0 Å². The Bertz CT molecular complexity index is 286. The van der Waals surface area contributed by atoms with Crippen molar-refractivity contribution in [2.75, 3.05) is 18.8 Å². The van der Waals surface area contributed by atoms with Crippen molar-refractivity contribution in [3.05, 3.63) is 0 Å². The molecular weight excluding hydrogens is 222 g/mol. The fourth-order valence-corrected chi connectivity index (χ4v) is 2.10. The molecule has 0 saturated carbocycles. The molecule has 16 heavy (non-hydrogen) atoms. The van der Waals surface area contributed by atoms with Gasteiger partial charge in [0.2, 0.25) is 5.16 Å².